The van der Waals surface area contributed by atoms with Crippen molar-refractivity contribution in [2.45, 2.75) is 32.7 Å². The third kappa shape index (κ3) is 5.25. The zero-order valence-corrected chi connectivity index (χ0v) is 12.1. The van der Waals surface area contributed by atoms with E-state index in [1.54, 1.807) is 0 Å². The molecule has 92 valence electrons. The van der Waals surface area contributed by atoms with Crippen molar-refractivity contribution in [3.8, 4) is 0 Å². The molecule has 1 unspecified atom stereocenters. The van der Waals surface area contributed by atoms with E-state index in [4.69, 9.17) is 5.21 Å². The molecule has 0 aliphatic heterocycles. The summed E-state index contributed by atoms with van der Waals surface area (Å²) in [6, 6.07) is 4.19. The Bertz CT molecular complexity index is 401. The van der Waals surface area contributed by atoms with Gasteiger partial charge in [-0.3, -0.25) is 9.98 Å². The molecule has 1 aromatic rings. The summed E-state index contributed by atoms with van der Waals surface area (Å²) in [5.74, 6) is 0. The number of nitrogens with zero attached hydrogens (tertiary/aromatic N) is 3. The standard InChI is InChI=1S/C12H16IN3O/c1-3-9(2)16-11(8-15-17)6-10-4-5-12(13)14-7-10/h4-5,7-9,17H,3,6H2,1-2H3. The van der Waals surface area contributed by atoms with E-state index in [2.05, 4.69) is 44.6 Å². The highest BCUT2D eigenvalue weighted by molar-refractivity contribution is 14.1. The van der Waals surface area contributed by atoms with Crippen LogP contribution in [0, 0.1) is 3.70 Å². The molecule has 0 radical (unpaired) electrons. The predicted molar refractivity (Wildman–Crippen MR) is 78.1 cm³/mol. The van der Waals surface area contributed by atoms with Crippen LogP contribution in [0.4, 0.5) is 0 Å². The predicted octanol–water partition coefficient (Wildman–Crippen LogP) is 2.93. The van der Waals surface area contributed by atoms with E-state index < -0.39 is 0 Å². The Hall–Kier alpha value is -0.980. The van der Waals surface area contributed by atoms with Gasteiger partial charge in [0.1, 0.15) is 3.70 Å². The molecule has 17 heavy (non-hydrogen) atoms. The van der Waals surface area contributed by atoms with Crippen molar-refractivity contribution in [3.05, 3.63) is 27.6 Å². The second-order valence-corrected chi connectivity index (χ2v) is 4.89. The number of aromatic nitrogens is 1. The van der Waals surface area contributed by atoms with E-state index in [0.29, 0.717) is 6.42 Å². The van der Waals surface area contributed by atoms with Gasteiger partial charge in [-0.25, -0.2) is 0 Å². The van der Waals surface area contributed by atoms with Gasteiger partial charge in [0.05, 0.1) is 11.9 Å². The van der Waals surface area contributed by atoms with Crippen molar-refractivity contribution in [3.63, 3.8) is 0 Å². The van der Waals surface area contributed by atoms with Crippen LogP contribution < -0.4 is 0 Å². The zero-order valence-electron chi connectivity index (χ0n) is 9.97. The van der Waals surface area contributed by atoms with Gasteiger partial charge in [0.15, 0.2) is 0 Å². The van der Waals surface area contributed by atoms with Gasteiger partial charge in [0.2, 0.25) is 0 Å². The molecule has 1 atom stereocenters. The minimum absolute atomic E-state index is 0.236. The monoisotopic (exact) mass is 345 g/mol. The van der Waals surface area contributed by atoms with Gasteiger partial charge < -0.3 is 5.21 Å². The van der Waals surface area contributed by atoms with E-state index in [1.165, 1.54) is 6.21 Å². The van der Waals surface area contributed by atoms with Gasteiger partial charge >= 0.3 is 0 Å². The van der Waals surface area contributed by atoms with Gasteiger partial charge in [0, 0.05) is 18.7 Å². The quantitative estimate of drug-likeness (QED) is 0.293. The zero-order chi connectivity index (χ0) is 12.7. The van der Waals surface area contributed by atoms with Crippen LogP contribution in [-0.2, 0) is 6.42 Å². The molecular formula is C12H16IN3O. The summed E-state index contributed by atoms with van der Waals surface area (Å²) in [6.07, 6.45) is 4.81. The third-order valence-electron chi connectivity index (χ3n) is 2.36. The Morgan fingerprint density at radius 1 is 1.59 bits per heavy atom. The van der Waals surface area contributed by atoms with Crippen LogP contribution >= 0.6 is 22.6 Å². The van der Waals surface area contributed by atoms with Crippen LogP contribution in [-0.4, -0.2) is 28.2 Å². The largest absolute Gasteiger partial charge is 0.411 e. The van der Waals surface area contributed by atoms with Crippen molar-refractivity contribution in [2.24, 2.45) is 10.1 Å². The average Bonchev–Trinajstić information content (AvgIpc) is 2.32. The van der Waals surface area contributed by atoms with Crippen LogP contribution in [0.1, 0.15) is 25.8 Å². The van der Waals surface area contributed by atoms with Gasteiger partial charge in [-0.15, -0.1) is 0 Å². The van der Waals surface area contributed by atoms with Crippen molar-refractivity contribution < 1.29 is 5.21 Å². The molecule has 0 fully saturated rings. The second-order valence-electron chi connectivity index (χ2n) is 3.79. The molecule has 1 heterocycles. The summed E-state index contributed by atoms with van der Waals surface area (Å²) in [5, 5.41) is 11.7. The smallest absolute Gasteiger partial charge is 0.101 e. The number of aliphatic imine (C=N–C) groups is 1. The Labute approximate surface area is 115 Å². The molecule has 1 rings (SSSR count). The Balaban J connectivity index is 2.80. The summed E-state index contributed by atoms with van der Waals surface area (Å²) in [7, 11) is 0. The van der Waals surface area contributed by atoms with E-state index in [1.807, 2.05) is 25.3 Å². The summed E-state index contributed by atoms with van der Waals surface area (Å²) in [6.45, 7) is 4.12. The van der Waals surface area contributed by atoms with E-state index in [-0.39, 0.29) is 6.04 Å². The molecule has 1 aromatic heterocycles. The summed E-state index contributed by atoms with van der Waals surface area (Å²) < 4.78 is 0.961. The maximum absolute atomic E-state index is 8.62. The molecule has 0 aliphatic rings. The van der Waals surface area contributed by atoms with Crippen LogP contribution in [0.15, 0.2) is 28.5 Å². The number of oxime groups is 1. The maximum Gasteiger partial charge on any atom is 0.101 e. The number of rotatable bonds is 5. The molecule has 0 saturated heterocycles. The molecule has 0 saturated carbocycles. The fraction of sp³-hybridized carbons (Fsp3) is 0.417. The van der Waals surface area contributed by atoms with Crippen molar-refractivity contribution in [1.82, 2.24) is 4.98 Å². The first kappa shape index (κ1) is 14.1. The van der Waals surface area contributed by atoms with Gasteiger partial charge in [0.25, 0.3) is 0 Å². The molecule has 4 nitrogen and oxygen atoms in total. The van der Waals surface area contributed by atoms with Crippen LogP contribution in [0.25, 0.3) is 0 Å². The minimum Gasteiger partial charge on any atom is -0.411 e. The number of hydrogen-bond donors (Lipinski definition) is 1. The molecule has 0 aromatic carbocycles. The minimum atomic E-state index is 0.236. The SMILES string of the molecule is CCC(C)N=C(C=NO)Cc1ccc(I)nc1. The van der Waals surface area contributed by atoms with Crippen molar-refractivity contribution >= 4 is 34.5 Å². The molecule has 5 heteroatoms. The van der Waals surface area contributed by atoms with Crippen LogP contribution in [0.5, 0.6) is 0 Å². The molecule has 0 amide bonds. The Kier molecular flexibility index (Phi) is 6.10. The normalized spacial score (nSPS) is 14.2. The van der Waals surface area contributed by atoms with E-state index >= 15 is 0 Å². The number of pyridine rings is 1. The maximum atomic E-state index is 8.62. The Morgan fingerprint density at radius 3 is 2.88 bits per heavy atom. The van der Waals surface area contributed by atoms with Gasteiger partial charge in [-0.2, -0.15) is 0 Å². The fourth-order valence-corrected chi connectivity index (χ4v) is 1.60. The second kappa shape index (κ2) is 7.37. The molecule has 0 aliphatic carbocycles. The fourth-order valence-electron chi connectivity index (χ4n) is 1.29. The highest BCUT2D eigenvalue weighted by atomic mass is 127. The first-order chi connectivity index (χ1) is 8.15. The summed E-state index contributed by atoms with van der Waals surface area (Å²) >= 11 is 2.17. The first-order valence-electron chi connectivity index (χ1n) is 5.50. The lowest BCUT2D eigenvalue weighted by Gasteiger charge is -2.05. The molecular weight excluding hydrogens is 329 g/mol. The first-order valence-corrected chi connectivity index (χ1v) is 6.58. The van der Waals surface area contributed by atoms with Crippen molar-refractivity contribution in [2.75, 3.05) is 0 Å². The van der Waals surface area contributed by atoms with Crippen molar-refractivity contribution in [1.29, 1.82) is 0 Å². The number of hydrogen-bond acceptors (Lipinski definition) is 4. The van der Waals surface area contributed by atoms with Crippen LogP contribution in [0.2, 0.25) is 0 Å². The van der Waals surface area contributed by atoms with E-state index in [9.17, 15) is 0 Å². The molecule has 1 N–H and O–H groups in total. The lowest BCUT2D eigenvalue weighted by molar-refractivity contribution is 0.322. The third-order valence-corrected chi connectivity index (χ3v) is 3.00. The summed E-state index contributed by atoms with van der Waals surface area (Å²) in [5.41, 5.74) is 1.83. The van der Waals surface area contributed by atoms with Gasteiger partial charge in [-0.05, 0) is 47.6 Å². The highest BCUT2D eigenvalue weighted by Crippen LogP contribution is 2.05. The highest BCUT2D eigenvalue weighted by Gasteiger charge is 2.03. The molecule has 0 bridgehead atoms. The lowest BCUT2D eigenvalue weighted by Crippen LogP contribution is -2.10. The molecule has 0 spiro atoms. The van der Waals surface area contributed by atoms with E-state index in [0.717, 1.165) is 21.4 Å². The average molecular weight is 345 g/mol. The van der Waals surface area contributed by atoms with Gasteiger partial charge in [-0.1, -0.05) is 18.1 Å². The lowest BCUT2D eigenvalue weighted by atomic mass is 10.1. The topological polar surface area (TPSA) is 57.8 Å². The number of halogens is 1. The summed E-state index contributed by atoms with van der Waals surface area (Å²) in [4.78, 5) is 8.70. The Morgan fingerprint density at radius 2 is 2.35 bits per heavy atom. The van der Waals surface area contributed by atoms with Crippen LogP contribution in [0.3, 0.4) is 0 Å².